The van der Waals surface area contributed by atoms with Gasteiger partial charge < -0.3 is 50.7 Å². The van der Waals surface area contributed by atoms with Gasteiger partial charge in [0.15, 0.2) is 0 Å². The minimum atomic E-state index is -4.55. The zero-order valence-corrected chi connectivity index (χ0v) is 58.0. The zero-order chi connectivity index (χ0) is 70.3. The maximum Gasteiger partial charge on any atom is 0.494 e. The average Bonchev–Trinajstić information content (AvgIpc) is 1.59. The summed E-state index contributed by atoms with van der Waals surface area (Å²) in [5.41, 5.74) is -3.84. The molecule has 11 rings (SSSR count). The van der Waals surface area contributed by atoms with Crippen LogP contribution in [0, 0.1) is 0 Å². The Labute approximate surface area is 556 Å². The second-order valence-corrected chi connectivity index (χ2v) is 26.8. The molecule has 0 radical (unpaired) electrons. The molecule has 3 aromatic carbocycles. The Balaban J connectivity index is 0.000000170. The van der Waals surface area contributed by atoms with E-state index in [1.165, 1.54) is 38.7 Å². The van der Waals surface area contributed by atoms with Crippen LogP contribution in [0.1, 0.15) is 159 Å². The van der Waals surface area contributed by atoms with E-state index >= 15 is 0 Å². The highest BCUT2D eigenvalue weighted by atomic mass is 79.9. The molecule has 0 N–H and O–H groups in total. The van der Waals surface area contributed by atoms with Crippen LogP contribution < -0.4 is 5.46 Å². The van der Waals surface area contributed by atoms with E-state index in [4.69, 9.17) is 41.2 Å². The predicted molar refractivity (Wildman–Crippen MR) is 345 cm³/mol. The summed E-state index contributed by atoms with van der Waals surface area (Å²) in [4.78, 5) is 30.2. The highest BCUT2D eigenvalue weighted by molar-refractivity contribution is 9.10. The number of alkyl halides is 9. The topological polar surface area (TPSA) is 173 Å². The molecule has 29 heteroatoms. The highest BCUT2D eigenvalue weighted by Crippen LogP contribution is 2.45. The van der Waals surface area contributed by atoms with Gasteiger partial charge in [0.2, 0.25) is 0 Å². The number of nitrogens with zero attached hydrogens (tertiary/aromatic N) is 2. The molecule has 8 aromatic rings. The van der Waals surface area contributed by atoms with Gasteiger partial charge in [-0.05, 0) is 177 Å². The molecule has 0 amide bonds. The number of carbonyl (C=O) groups excluding carboxylic acids is 2. The van der Waals surface area contributed by atoms with Gasteiger partial charge in [-0.25, -0.2) is 14.6 Å². The van der Waals surface area contributed by atoms with Crippen LogP contribution in [0.2, 0.25) is 0 Å². The first-order valence-electron chi connectivity index (χ1n) is 29.7. The highest BCUT2D eigenvalue weighted by Gasteiger charge is 2.64. The third-order valence-corrected chi connectivity index (χ3v) is 17.8. The van der Waals surface area contributed by atoms with Crippen molar-refractivity contribution in [3.05, 3.63) is 145 Å². The summed E-state index contributed by atoms with van der Waals surface area (Å²) in [5, 5.41) is 1.24. The summed E-state index contributed by atoms with van der Waals surface area (Å²) in [5.74, 6) is 0.615. The van der Waals surface area contributed by atoms with Crippen LogP contribution in [0.5, 0.6) is 0 Å². The van der Waals surface area contributed by atoms with Crippen molar-refractivity contribution < 1.29 is 99.8 Å². The van der Waals surface area contributed by atoms with Gasteiger partial charge in [-0.2, -0.15) is 39.5 Å². The fourth-order valence-corrected chi connectivity index (χ4v) is 10.2. The number of aromatic nitrogens is 2. The molecule has 0 spiro atoms. The Morgan fingerprint density at radius 2 is 0.809 bits per heavy atom. The number of hydrogen-bond acceptors (Lipinski definition) is 15. The summed E-state index contributed by atoms with van der Waals surface area (Å²) in [7, 11) is 0.779. The third-order valence-electron chi connectivity index (χ3n) is 16.9. The van der Waals surface area contributed by atoms with Gasteiger partial charge in [0, 0.05) is 57.9 Å². The van der Waals surface area contributed by atoms with Crippen molar-refractivity contribution in [2.24, 2.45) is 0 Å². The van der Waals surface area contributed by atoms with Gasteiger partial charge in [0.05, 0.1) is 81.3 Å². The molecule has 0 saturated carbocycles. The lowest BCUT2D eigenvalue weighted by Gasteiger charge is -2.32. The van der Waals surface area contributed by atoms with E-state index in [1.807, 2.05) is 96.9 Å². The molecule has 0 bridgehead atoms. The maximum absolute atomic E-state index is 13.5. The van der Waals surface area contributed by atoms with E-state index in [0.29, 0.717) is 84.1 Å². The molecule has 0 unspecified atom stereocenters. The quantitative estimate of drug-likeness (QED) is 0.0608. The fourth-order valence-electron chi connectivity index (χ4n) is 9.44. The number of rotatable bonds is 8. The standard InChI is InChI=1S/C18H14F3NO3.C17H20BF3O3.C12H24B2O4.C11H8BrF3O.C7H6BrNO2/c1-3-13-7-12-6-11(8-14(16(12)25-13)18(19,20)21)15-5-4-10(9-22-15)17(23)24-2;1-6-12-8-10-7-11(9-13(14(10)22-12)17(19,20)21)18-23-15(2,3)16(4,5)24-18;1-9(2)10(3,4)16-13(15-9)14-17-11(5,6)12(7,8)18-14;1-2-8-4-6-3-7(12)5-9(10(6)16-8)11(13,14)15;1-11-7(10)5-2-3-6(8)9-4-5/h4-9H,3H2,1-2H3;7-9H,6H2,1-5H3;1-8H3;3-5H,2H2,1H3;2-4H,1H3. The van der Waals surface area contributed by atoms with Crippen LogP contribution in [-0.4, -0.2) is 90.9 Å². The minimum absolute atomic E-state index is 0.0902. The number of halogens is 11. The lowest BCUT2D eigenvalue weighted by atomic mass is 9.49. The molecular formula is C65H72B3Br2F9N2O13. The number of benzene rings is 3. The molecular weight excluding hydrogens is 1380 g/mol. The summed E-state index contributed by atoms with van der Waals surface area (Å²) >= 11 is 6.22. The molecule has 3 saturated heterocycles. The van der Waals surface area contributed by atoms with Crippen LogP contribution in [0.3, 0.4) is 0 Å². The smallest absolute Gasteiger partial charge is 0.465 e. The van der Waals surface area contributed by atoms with Crippen molar-refractivity contribution in [1.82, 2.24) is 9.97 Å². The monoisotopic (exact) mass is 1450 g/mol. The predicted octanol–water partition coefficient (Wildman–Crippen LogP) is 17.8. The number of hydrogen-bond donors (Lipinski definition) is 0. The lowest BCUT2D eigenvalue weighted by molar-refractivity contribution is -0.137. The molecule has 3 fully saturated rings. The van der Waals surface area contributed by atoms with Crippen molar-refractivity contribution in [3.63, 3.8) is 0 Å². The third kappa shape index (κ3) is 17.0. The van der Waals surface area contributed by atoms with E-state index in [-0.39, 0.29) is 50.7 Å². The molecule has 506 valence electrons. The molecule has 8 heterocycles. The first-order valence-corrected chi connectivity index (χ1v) is 31.3. The Kier molecular flexibility index (Phi) is 22.5. The van der Waals surface area contributed by atoms with Gasteiger partial charge in [-0.15, -0.1) is 0 Å². The number of ether oxygens (including phenoxy) is 2. The van der Waals surface area contributed by atoms with Gasteiger partial charge >= 0.3 is 51.6 Å². The van der Waals surface area contributed by atoms with Crippen molar-refractivity contribution in [2.75, 3.05) is 14.2 Å². The fraction of sp³-hybridized carbons (Fsp3) is 0.446. The Hall–Kier alpha value is -6.20. The van der Waals surface area contributed by atoms with E-state index < -0.39 is 73.5 Å². The largest absolute Gasteiger partial charge is 0.494 e. The molecule has 3 aliphatic rings. The van der Waals surface area contributed by atoms with Crippen LogP contribution in [0.25, 0.3) is 44.2 Å². The Bertz CT molecular complexity index is 3910. The van der Waals surface area contributed by atoms with E-state index in [9.17, 15) is 49.1 Å². The van der Waals surface area contributed by atoms with Gasteiger partial charge in [0.25, 0.3) is 0 Å². The normalized spacial score (nSPS) is 17.6. The molecule has 94 heavy (non-hydrogen) atoms. The number of carbonyl (C=O) groups is 2. The van der Waals surface area contributed by atoms with Crippen LogP contribution in [0.15, 0.2) is 114 Å². The van der Waals surface area contributed by atoms with Crippen molar-refractivity contribution in [3.8, 4) is 11.3 Å². The molecule has 0 aliphatic carbocycles. The molecule has 3 aliphatic heterocycles. The number of methoxy groups -OCH3 is 2. The second-order valence-electron chi connectivity index (χ2n) is 25.1. The number of fused-ring (bicyclic) bond motifs is 3. The summed E-state index contributed by atoms with van der Waals surface area (Å²) in [6, 6.07) is 19.1. The Morgan fingerprint density at radius 1 is 0.457 bits per heavy atom. The number of esters is 2. The number of pyridine rings is 2. The summed E-state index contributed by atoms with van der Waals surface area (Å²) in [6.07, 6.45) is -9.15. The van der Waals surface area contributed by atoms with Crippen molar-refractivity contribution in [1.29, 1.82) is 0 Å². The second kappa shape index (κ2) is 28.1. The summed E-state index contributed by atoms with van der Waals surface area (Å²) < 4.78 is 180. The molecule has 5 aromatic heterocycles. The van der Waals surface area contributed by atoms with Crippen LogP contribution in [-0.2, 0) is 75.2 Å². The Morgan fingerprint density at radius 3 is 1.16 bits per heavy atom. The van der Waals surface area contributed by atoms with Crippen molar-refractivity contribution in [2.45, 2.75) is 175 Å². The van der Waals surface area contributed by atoms with E-state index in [1.54, 1.807) is 55.5 Å². The SMILES string of the molecule is CC1(C)OB(B2OC(C)(C)C(C)(C)O2)OC1(C)C.CCc1cc2cc(-c3ccc(C(=O)OC)cn3)cc(C(F)(F)F)c2o1.CCc1cc2cc(B3OC(C)(C)C(C)(C)O3)cc(C(F)(F)F)c2o1.CCc1cc2cc(Br)cc(C(F)(F)F)c2o1.COC(=O)c1ccc(Br)nc1. The van der Waals surface area contributed by atoms with E-state index in [2.05, 4.69) is 51.3 Å². The summed E-state index contributed by atoms with van der Waals surface area (Å²) in [6.45, 7) is 29.1. The van der Waals surface area contributed by atoms with Crippen LogP contribution in [0.4, 0.5) is 39.5 Å². The molecule has 0 atom stereocenters. The maximum atomic E-state index is 13.5. The minimum Gasteiger partial charge on any atom is -0.465 e. The zero-order valence-electron chi connectivity index (χ0n) is 54.9. The van der Waals surface area contributed by atoms with Gasteiger partial charge in [-0.1, -0.05) is 42.8 Å². The first kappa shape index (κ1) is 75.2. The van der Waals surface area contributed by atoms with Gasteiger partial charge in [0.1, 0.15) is 38.6 Å². The van der Waals surface area contributed by atoms with Crippen LogP contribution >= 0.6 is 31.9 Å². The average molecular weight is 1450 g/mol. The van der Waals surface area contributed by atoms with E-state index in [0.717, 1.165) is 18.2 Å². The van der Waals surface area contributed by atoms with Crippen molar-refractivity contribution >= 4 is 103 Å². The number of furan rings is 3. The first-order chi connectivity index (χ1) is 43.3. The lowest BCUT2D eigenvalue weighted by Crippen LogP contribution is -2.41. The van der Waals surface area contributed by atoms with Gasteiger partial charge in [-0.3, -0.25) is 4.98 Å². The molecule has 15 nitrogen and oxygen atoms in total. The number of aryl methyl sites for hydroxylation is 3.